The molecule has 0 fully saturated rings. The lowest BCUT2D eigenvalue weighted by Gasteiger charge is -2.24. The van der Waals surface area contributed by atoms with Crippen LogP contribution in [0.2, 0.25) is 0 Å². The lowest BCUT2D eigenvalue weighted by molar-refractivity contribution is -0.136. The minimum Gasteiger partial charge on any atom is -0.481 e. The Morgan fingerprint density at radius 1 is 1.22 bits per heavy atom. The van der Waals surface area contributed by atoms with E-state index < -0.39 is 5.97 Å². The van der Waals surface area contributed by atoms with Crippen molar-refractivity contribution < 1.29 is 14.3 Å². The minimum absolute atomic E-state index is 0.101. The largest absolute Gasteiger partial charge is 0.481 e. The SMILES string of the molecule is CCCCCN(CCC(=O)O)c1ccc(F)cc1. The predicted octanol–water partition coefficient (Wildman–Crippen LogP) is 3.30. The number of hydrogen-bond donors (Lipinski definition) is 1. The zero-order valence-electron chi connectivity index (χ0n) is 10.7. The van der Waals surface area contributed by atoms with Gasteiger partial charge >= 0.3 is 5.97 Å². The molecule has 100 valence electrons. The van der Waals surface area contributed by atoms with Crippen LogP contribution < -0.4 is 4.90 Å². The summed E-state index contributed by atoms with van der Waals surface area (Å²) in [6.07, 6.45) is 3.36. The fourth-order valence-corrected chi connectivity index (χ4v) is 1.81. The summed E-state index contributed by atoms with van der Waals surface area (Å²) in [6, 6.07) is 6.21. The Labute approximate surface area is 107 Å². The normalized spacial score (nSPS) is 10.3. The number of aliphatic carboxylic acids is 1. The van der Waals surface area contributed by atoms with Gasteiger partial charge in [-0.05, 0) is 30.7 Å². The van der Waals surface area contributed by atoms with Crippen molar-refractivity contribution in [2.45, 2.75) is 32.6 Å². The van der Waals surface area contributed by atoms with Crippen LogP contribution in [-0.2, 0) is 4.79 Å². The van der Waals surface area contributed by atoms with Gasteiger partial charge in [0.05, 0.1) is 6.42 Å². The quantitative estimate of drug-likeness (QED) is 0.723. The molecule has 0 radical (unpaired) electrons. The molecule has 0 saturated heterocycles. The molecule has 0 aliphatic heterocycles. The van der Waals surface area contributed by atoms with E-state index in [1.165, 1.54) is 12.1 Å². The third-order valence-corrected chi connectivity index (χ3v) is 2.82. The topological polar surface area (TPSA) is 40.5 Å². The Morgan fingerprint density at radius 3 is 2.44 bits per heavy atom. The molecule has 4 heteroatoms. The van der Waals surface area contributed by atoms with Crippen LogP contribution in [-0.4, -0.2) is 24.2 Å². The summed E-state index contributed by atoms with van der Waals surface area (Å²) in [4.78, 5) is 12.6. The molecule has 0 amide bonds. The smallest absolute Gasteiger partial charge is 0.305 e. The first-order chi connectivity index (χ1) is 8.63. The van der Waals surface area contributed by atoms with Crippen molar-refractivity contribution in [3.63, 3.8) is 0 Å². The Hall–Kier alpha value is -1.58. The van der Waals surface area contributed by atoms with E-state index in [-0.39, 0.29) is 12.2 Å². The first-order valence-electron chi connectivity index (χ1n) is 6.35. The second-order valence-corrected chi connectivity index (χ2v) is 4.31. The molecule has 0 aliphatic carbocycles. The first kappa shape index (κ1) is 14.5. The number of anilines is 1. The van der Waals surface area contributed by atoms with Crippen LogP contribution in [0.5, 0.6) is 0 Å². The van der Waals surface area contributed by atoms with Crippen molar-refractivity contribution in [2.75, 3.05) is 18.0 Å². The second kappa shape index (κ2) is 7.69. The predicted molar refractivity (Wildman–Crippen MR) is 70.4 cm³/mol. The summed E-state index contributed by atoms with van der Waals surface area (Å²) < 4.78 is 12.9. The summed E-state index contributed by atoms with van der Waals surface area (Å²) in [5.41, 5.74) is 0.883. The molecule has 0 aliphatic rings. The molecule has 1 rings (SSSR count). The van der Waals surface area contributed by atoms with Gasteiger partial charge in [0, 0.05) is 18.8 Å². The first-order valence-corrected chi connectivity index (χ1v) is 6.35. The van der Waals surface area contributed by atoms with Gasteiger partial charge in [0.2, 0.25) is 0 Å². The molecular weight excluding hydrogens is 233 g/mol. The van der Waals surface area contributed by atoms with E-state index in [1.807, 2.05) is 4.90 Å². The highest BCUT2D eigenvalue weighted by molar-refractivity contribution is 5.67. The molecular formula is C14H20FNO2. The number of carbonyl (C=O) groups is 1. The van der Waals surface area contributed by atoms with Gasteiger partial charge in [-0.2, -0.15) is 0 Å². The lowest BCUT2D eigenvalue weighted by atomic mass is 10.2. The highest BCUT2D eigenvalue weighted by Gasteiger charge is 2.08. The highest BCUT2D eigenvalue weighted by atomic mass is 19.1. The molecule has 1 N–H and O–H groups in total. The van der Waals surface area contributed by atoms with Gasteiger partial charge in [0.25, 0.3) is 0 Å². The number of halogens is 1. The minimum atomic E-state index is -0.808. The van der Waals surface area contributed by atoms with Crippen LogP contribution in [0.3, 0.4) is 0 Å². The summed E-state index contributed by atoms with van der Waals surface area (Å²) >= 11 is 0. The van der Waals surface area contributed by atoms with Crippen LogP contribution in [0.4, 0.5) is 10.1 Å². The van der Waals surface area contributed by atoms with Crippen LogP contribution in [0.15, 0.2) is 24.3 Å². The van der Waals surface area contributed by atoms with Crippen molar-refractivity contribution in [3.05, 3.63) is 30.1 Å². The fraction of sp³-hybridized carbons (Fsp3) is 0.500. The third kappa shape index (κ3) is 5.17. The summed E-state index contributed by atoms with van der Waals surface area (Å²) in [7, 11) is 0. The fourth-order valence-electron chi connectivity index (χ4n) is 1.81. The van der Waals surface area contributed by atoms with Gasteiger partial charge in [-0.1, -0.05) is 19.8 Å². The molecule has 0 saturated carbocycles. The van der Waals surface area contributed by atoms with Gasteiger partial charge in [0.1, 0.15) is 5.82 Å². The second-order valence-electron chi connectivity index (χ2n) is 4.31. The van der Waals surface area contributed by atoms with E-state index >= 15 is 0 Å². The van der Waals surface area contributed by atoms with Gasteiger partial charge in [0.15, 0.2) is 0 Å². The Morgan fingerprint density at radius 2 is 1.89 bits per heavy atom. The molecule has 0 heterocycles. The molecule has 0 unspecified atom stereocenters. The van der Waals surface area contributed by atoms with Gasteiger partial charge < -0.3 is 10.0 Å². The average molecular weight is 253 g/mol. The van der Waals surface area contributed by atoms with Crippen molar-refractivity contribution in [2.24, 2.45) is 0 Å². The lowest BCUT2D eigenvalue weighted by Crippen LogP contribution is -2.27. The Bertz CT molecular complexity index is 365. The molecule has 3 nitrogen and oxygen atoms in total. The van der Waals surface area contributed by atoms with Crippen LogP contribution in [0.1, 0.15) is 32.6 Å². The number of benzene rings is 1. The third-order valence-electron chi connectivity index (χ3n) is 2.82. The zero-order valence-corrected chi connectivity index (χ0v) is 10.7. The number of nitrogens with zero attached hydrogens (tertiary/aromatic N) is 1. The molecule has 0 spiro atoms. The molecule has 0 atom stereocenters. The van der Waals surface area contributed by atoms with Crippen LogP contribution >= 0.6 is 0 Å². The average Bonchev–Trinajstić information content (AvgIpc) is 2.34. The van der Waals surface area contributed by atoms with Crippen molar-refractivity contribution in [1.29, 1.82) is 0 Å². The molecule has 18 heavy (non-hydrogen) atoms. The standard InChI is InChI=1S/C14H20FNO2/c1-2-3-4-10-16(11-9-14(17)18)13-7-5-12(15)6-8-13/h5-8H,2-4,9-11H2,1H3,(H,17,18). The maximum Gasteiger partial charge on any atom is 0.305 e. The van der Waals surface area contributed by atoms with E-state index in [0.29, 0.717) is 6.54 Å². The van der Waals surface area contributed by atoms with Crippen LogP contribution in [0, 0.1) is 5.82 Å². The van der Waals surface area contributed by atoms with Crippen LogP contribution in [0.25, 0.3) is 0 Å². The van der Waals surface area contributed by atoms with E-state index in [0.717, 1.165) is 31.5 Å². The number of hydrogen-bond acceptors (Lipinski definition) is 2. The molecule has 0 aromatic heterocycles. The number of carboxylic acids is 1. The summed E-state index contributed by atoms with van der Waals surface area (Å²) in [6.45, 7) is 3.40. The molecule has 1 aromatic carbocycles. The number of rotatable bonds is 8. The highest BCUT2D eigenvalue weighted by Crippen LogP contribution is 2.16. The van der Waals surface area contributed by atoms with Gasteiger partial charge in [-0.3, -0.25) is 4.79 Å². The monoisotopic (exact) mass is 253 g/mol. The molecule has 1 aromatic rings. The molecule has 0 bridgehead atoms. The van der Waals surface area contributed by atoms with E-state index in [2.05, 4.69) is 6.92 Å². The van der Waals surface area contributed by atoms with E-state index in [4.69, 9.17) is 5.11 Å². The van der Waals surface area contributed by atoms with E-state index in [1.54, 1.807) is 12.1 Å². The van der Waals surface area contributed by atoms with Crippen molar-refractivity contribution in [3.8, 4) is 0 Å². The van der Waals surface area contributed by atoms with Gasteiger partial charge in [-0.25, -0.2) is 4.39 Å². The Kier molecular flexibility index (Phi) is 6.19. The van der Waals surface area contributed by atoms with Gasteiger partial charge in [-0.15, -0.1) is 0 Å². The van der Waals surface area contributed by atoms with Crippen molar-refractivity contribution in [1.82, 2.24) is 0 Å². The Balaban J connectivity index is 2.62. The zero-order chi connectivity index (χ0) is 13.4. The van der Waals surface area contributed by atoms with Crippen molar-refractivity contribution >= 4 is 11.7 Å². The summed E-state index contributed by atoms with van der Waals surface area (Å²) in [5.74, 6) is -1.08. The van der Waals surface area contributed by atoms with E-state index in [9.17, 15) is 9.18 Å². The maximum absolute atomic E-state index is 12.9. The number of unbranched alkanes of at least 4 members (excludes halogenated alkanes) is 2. The summed E-state index contributed by atoms with van der Waals surface area (Å²) in [5, 5.41) is 8.74. The number of carboxylic acid groups (broad SMARTS) is 1. The maximum atomic E-state index is 12.9.